The first-order chi connectivity index (χ1) is 9.90. The van der Waals surface area contributed by atoms with Gasteiger partial charge in [-0.2, -0.15) is 0 Å². The fraction of sp³-hybridized carbons (Fsp3) is 0.467. The summed E-state index contributed by atoms with van der Waals surface area (Å²) in [5.41, 5.74) is 0.0550. The van der Waals surface area contributed by atoms with Crippen LogP contribution in [-0.4, -0.2) is 37.0 Å². The molecule has 0 aliphatic heterocycles. The lowest BCUT2D eigenvalue weighted by Gasteiger charge is -2.24. The summed E-state index contributed by atoms with van der Waals surface area (Å²) in [7, 11) is 1.28. The Kier molecular flexibility index (Phi) is 6.27. The van der Waals surface area contributed by atoms with Crippen LogP contribution in [0, 0.1) is 17.6 Å². The summed E-state index contributed by atoms with van der Waals surface area (Å²) in [4.78, 5) is 25.2. The maximum Gasteiger partial charge on any atom is 0.310 e. The van der Waals surface area contributed by atoms with Gasteiger partial charge in [-0.15, -0.1) is 0 Å². The number of carbonyl (C=O) groups excluding carboxylic acids is 2. The summed E-state index contributed by atoms with van der Waals surface area (Å²) < 4.78 is 30.8. The van der Waals surface area contributed by atoms with Gasteiger partial charge in [-0.05, 0) is 24.6 Å². The Hall–Kier alpha value is -1.98. The van der Waals surface area contributed by atoms with E-state index >= 15 is 0 Å². The lowest BCUT2D eigenvalue weighted by molar-refractivity contribution is -0.145. The molecule has 0 spiro atoms. The summed E-state index contributed by atoms with van der Waals surface area (Å²) in [6.45, 7) is 4.11. The van der Waals surface area contributed by atoms with E-state index in [1.807, 2.05) is 6.92 Å². The highest BCUT2D eigenvalue weighted by atomic mass is 19.2. The van der Waals surface area contributed by atoms with Crippen molar-refractivity contribution in [3.63, 3.8) is 0 Å². The first-order valence-corrected chi connectivity index (χ1v) is 6.72. The van der Waals surface area contributed by atoms with Gasteiger partial charge >= 0.3 is 5.97 Å². The SMILES string of the molecule is CCCN(CC(C)C(=O)OC)C(=O)c1ccc(F)c(F)c1. The second-order valence-corrected chi connectivity index (χ2v) is 4.80. The van der Waals surface area contributed by atoms with Crippen LogP contribution in [0.25, 0.3) is 0 Å². The van der Waals surface area contributed by atoms with E-state index in [1.54, 1.807) is 6.92 Å². The van der Waals surface area contributed by atoms with Gasteiger partial charge in [0.05, 0.1) is 13.0 Å². The third-order valence-corrected chi connectivity index (χ3v) is 3.05. The number of esters is 1. The zero-order valence-corrected chi connectivity index (χ0v) is 12.4. The predicted molar refractivity (Wildman–Crippen MR) is 73.7 cm³/mol. The number of methoxy groups -OCH3 is 1. The van der Waals surface area contributed by atoms with E-state index in [9.17, 15) is 18.4 Å². The van der Waals surface area contributed by atoms with Crippen molar-refractivity contribution in [2.45, 2.75) is 20.3 Å². The van der Waals surface area contributed by atoms with Gasteiger partial charge in [-0.3, -0.25) is 9.59 Å². The molecule has 1 aromatic rings. The Labute approximate surface area is 122 Å². The van der Waals surface area contributed by atoms with E-state index < -0.39 is 29.4 Å². The van der Waals surface area contributed by atoms with Gasteiger partial charge in [0, 0.05) is 18.7 Å². The van der Waals surface area contributed by atoms with Crippen molar-refractivity contribution < 1.29 is 23.1 Å². The maximum atomic E-state index is 13.2. The van der Waals surface area contributed by atoms with E-state index in [2.05, 4.69) is 4.74 Å². The van der Waals surface area contributed by atoms with Gasteiger partial charge in [0.25, 0.3) is 5.91 Å². The summed E-state index contributed by atoms with van der Waals surface area (Å²) >= 11 is 0. The number of halogens is 2. The van der Waals surface area contributed by atoms with Crippen LogP contribution in [0.15, 0.2) is 18.2 Å². The standard InChI is InChI=1S/C15H19F2NO3/c1-4-7-18(9-10(2)15(20)21-3)14(19)11-5-6-12(16)13(17)8-11/h5-6,8,10H,4,7,9H2,1-3H3. The number of ether oxygens (including phenoxy) is 1. The van der Waals surface area contributed by atoms with Crippen molar-refractivity contribution in [3.05, 3.63) is 35.4 Å². The maximum absolute atomic E-state index is 13.2. The number of rotatable bonds is 6. The molecule has 116 valence electrons. The molecule has 0 saturated carbocycles. The molecule has 0 heterocycles. The van der Waals surface area contributed by atoms with Crippen LogP contribution in [0.2, 0.25) is 0 Å². The molecule has 1 rings (SSSR count). The molecule has 1 amide bonds. The van der Waals surface area contributed by atoms with E-state index in [0.29, 0.717) is 13.0 Å². The molecule has 0 aromatic heterocycles. The van der Waals surface area contributed by atoms with Crippen molar-refractivity contribution in [1.82, 2.24) is 4.90 Å². The van der Waals surface area contributed by atoms with Gasteiger partial charge < -0.3 is 9.64 Å². The second-order valence-electron chi connectivity index (χ2n) is 4.80. The molecule has 1 unspecified atom stereocenters. The van der Waals surface area contributed by atoms with Gasteiger partial charge in [0.1, 0.15) is 0 Å². The number of hydrogen-bond donors (Lipinski definition) is 0. The Morgan fingerprint density at radius 1 is 1.29 bits per heavy atom. The summed E-state index contributed by atoms with van der Waals surface area (Å²) in [5.74, 6) is -3.42. The normalized spacial score (nSPS) is 11.9. The molecule has 0 N–H and O–H groups in total. The predicted octanol–water partition coefficient (Wildman–Crippen LogP) is 2.63. The highest BCUT2D eigenvalue weighted by molar-refractivity contribution is 5.94. The van der Waals surface area contributed by atoms with Crippen LogP contribution in [-0.2, 0) is 9.53 Å². The smallest absolute Gasteiger partial charge is 0.310 e. The minimum atomic E-state index is -1.07. The fourth-order valence-electron chi connectivity index (χ4n) is 1.96. The van der Waals surface area contributed by atoms with Crippen LogP contribution >= 0.6 is 0 Å². The topological polar surface area (TPSA) is 46.6 Å². The number of carbonyl (C=O) groups is 2. The lowest BCUT2D eigenvalue weighted by atomic mass is 10.1. The lowest BCUT2D eigenvalue weighted by Crippen LogP contribution is -2.37. The minimum Gasteiger partial charge on any atom is -0.469 e. The Balaban J connectivity index is 2.90. The molecule has 0 saturated heterocycles. The molecule has 0 aliphatic rings. The van der Waals surface area contributed by atoms with Crippen molar-refractivity contribution in [2.75, 3.05) is 20.2 Å². The van der Waals surface area contributed by atoms with Gasteiger partial charge in [0.2, 0.25) is 0 Å². The Morgan fingerprint density at radius 2 is 1.95 bits per heavy atom. The third-order valence-electron chi connectivity index (χ3n) is 3.05. The van der Waals surface area contributed by atoms with Crippen LogP contribution in [0.1, 0.15) is 30.6 Å². The quantitative estimate of drug-likeness (QED) is 0.759. The molecule has 4 nitrogen and oxygen atoms in total. The molecular formula is C15H19F2NO3. The van der Waals surface area contributed by atoms with Crippen molar-refractivity contribution >= 4 is 11.9 Å². The molecule has 0 aliphatic carbocycles. The first kappa shape index (κ1) is 17.1. The average Bonchev–Trinajstić information content (AvgIpc) is 2.47. The zero-order chi connectivity index (χ0) is 16.0. The fourth-order valence-corrected chi connectivity index (χ4v) is 1.96. The number of benzene rings is 1. The molecule has 6 heteroatoms. The molecule has 0 fully saturated rings. The van der Waals surface area contributed by atoms with Gasteiger partial charge in [-0.25, -0.2) is 8.78 Å². The van der Waals surface area contributed by atoms with E-state index in [-0.39, 0.29) is 12.1 Å². The Bertz CT molecular complexity index is 520. The molecule has 0 bridgehead atoms. The number of amides is 1. The third kappa shape index (κ3) is 4.51. The average molecular weight is 299 g/mol. The molecule has 1 aromatic carbocycles. The minimum absolute atomic E-state index is 0.0550. The monoisotopic (exact) mass is 299 g/mol. The van der Waals surface area contributed by atoms with E-state index in [4.69, 9.17) is 0 Å². The molecular weight excluding hydrogens is 280 g/mol. The summed E-state index contributed by atoms with van der Waals surface area (Å²) in [5, 5.41) is 0. The number of nitrogens with zero attached hydrogens (tertiary/aromatic N) is 1. The summed E-state index contributed by atoms with van der Waals surface area (Å²) in [6.07, 6.45) is 0.684. The summed E-state index contributed by atoms with van der Waals surface area (Å²) in [6, 6.07) is 3.01. The van der Waals surface area contributed by atoms with Crippen molar-refractivity contribution in [2.24, 2.45) is 5.92 Å². The highest BCUT2D eigenvalue weighted by Crippen LogP contribution is 2.13. The number of hydrogen-bond acceptors (Lipinski definition) is 3. The first-order valence-electron chi connectivity index (χ1n) is 6.72. The second kappa shape index (κ2) is 7.71. The van der Waals surface area contributed by atoms with Crippen molar-refractivity contribution in [1.29, 1.82) is 0 Å². The van der Waals surface area contributed by atoms with Crippen LogP contribution < -0.4 is 0 Å². The largest absolute Gasteiger partial charge is 0.469 e. The highest BCUT2D eigenvalue weighted by Gasteiger charge is 2.22. The van der Waals surface area contributed by atoms with Gasteiger partial charge in [0.15, 0.2) is 11.6 Å². The molecule has 0 radical (unpaired) electrons. The van der Waals surface area contributed by atoms with Crippen LogP contribution in [0.3, 0.4) is 0 Å². The van der Waals surface area contributed by atoms with Crippen LogP contribution in [0.4, 0.5) is 8.78 Å². The van der Waals surface area contributed by atoms with Crippen LogP contribution in [0.5, 0.6) is 0 Å². The van der Waals surface area contributed by atoms with Gasteiger partial charge in [-0.1, -0.05) is 13.8 Å². The van der Waals surface area contributed by atoms with E-state index in [1.165, 1.54) is 18.1 Å². The van der Waals surface area contributed by atoms with E-state index in [0.717, 1.165) is 12.1 Å². The molecule has 21 heavy (non-hydrogen) atoms. The zero-order valence-electron chi connectivity index (χ0n) is 12.4. The Morgan fingerprint density at radius 3 is 2.48 bits per heavy atom. The van der Waals surface area contributed by atoms with Crippen molar-refractivity contribution in [3.8, 4) is 0 Å². The molecule has 1 atom stereocenters.